The van der Waals surface area contributed by atoms with Crippen molar-refractivity contribution < 1.29 is 41.4 Å². The number of aryl methyl sites for hydroxylation is 3. The minimum Gasteiger partial charge on any atom is -0.497 e. The highest BCUT2D eigenvalue weighted by Crippen LogP contribution is 2.49. The van der Waals surface area contributed by atoms with Gasteiger partial charge in [0.25, 0.3) is 11.5 Å². The Morgan fingerprint density at radius 1 is 1.04 bits per heavy atom. The lowest BCUT2D eigenvalue weighted by molar-refractivity contribution is -0.139. The lowest BCUT2D eigenvalue weighted by Gasteiger charge is -2.34. The Bertz CT molecular complexity index is 1980. The van der Waals surface area contributed by atoms with Crippen molar-refractivity contribution in [2.75, 3.05) is 26.7 Å². The standard InChI is InChI=1S/C42H50F5N3O5/c1-23(2)13-36(50-22-33(34(18-37(50)51)42(45,46)47)26-9-11-49(12-10-26)21-29-20-41(29,43)44)40(54)48-35(19-38(52)53)28-16-27-7-6-8-31(27)32(17-28)39-24(3)14-30(55-5)15-25(39)4/h14-18,22-23,26,29,35-36H,6-13,19-21H2,1-5H3,(H,48,54)(H,52,53)/t29?,35-,36-/m1/s1. The third-order valence-electron chi connectivity index (χ3n) is 11.6. The predicted octanol–water partition coefficient (Wildman–Crippen LogP) is 8.40. The van der Waals surface area contributed by atoms with Crippen molar-refractivity contribution in [3.8, 4) is 16.9 Å². The van der Waals surface area contributed by atoms with Crippen LogP contribution in [-0.2, 0) is 28.6 Å². The predicted molar refractivity (Wildman–Crippen MR) is 199 cm³/mol. The maximum Gasteiger partial charge on any atom is 0.416 e. The minimum absolute atomic E-state index is 0.101. The molecule has 1 aliphatic heterocycles. The van der Waals surface area contributed by atoms with Crippen molar-refractivity contribution in [3.63, 3.8) is 0 Å². The van der Waals surface area contributed by atoms with E-state index in [1.165, 1.54) is 5.56 Å². The largest absolute Gasteiger partial charge is 0.497 e. The number of halogens is 5. The first-order chi connectivity index (χ1) is 25.9. The molecule has 13 heteroatoms. The molecule has 2 heterocycles. The maximum atomic E-state index is 14.5. The summed E-state index contributed by atoms with van der Waals surface area (Å²) in [6.45, 7) is 8.48. The van der Waals surface area contributed by atoms with Crippen molar-refractivity contribution in [2.24, 2.45) is 11.8 Å². The number of fused-ring (bicyclic) bond motifs is 1. The van der Waals surface area contributed by atoms with Gasteiger partial charge in [-0.1, -0.05) is 19.9 Å². The molecule has 1 saturated carbocycles. The summed E-state index contributed by atoms with van der Waals surface area (Å²) in [5, 5.41) is 12.9. The summed E-state index contributed by atoms with van der Waals surface area (Å²) in [7, 11) is 1.60. The van der Waals surface area contributed by atoms with Crippen LogP contribution < -0.4 is 15.6 Å². The fraction of sp³-hybridized carbons (Fsp3) is 0.548. The number of carbonyl (C=O) groups is 2. The number of piperidine rings is 1. The number of nitrogens with zero attached hydrogens (tertiary/aromatic N) is 2. The number of amides is 1. The first-order valence-corrected chi connectivity index (χ1v) is 19.1. The van der Waals surface area contributed by atoms with Gasteiger partial charge in [-0.2, -0.15) is 13.2 Å². The number of hydrogen-bond acceptors (Lipinski definition) is 5. The van der Waals surface area contributed by atoms with E-state index < -0.39 is 65.4 Å². The summed E-state index contributed by atoms with van der Waals surface area (Å²) in [4.78, 5) is 42.1. The van der Waals surface area contributed by atoms with E-state index in [0.29, 0.717) is 30.5 Å². The number of alkyl halides is 5. The van der Waals surface area contributed by atoms with E-state index >= 15 is 0 Å². The van der Waals surface area contributed by atoms with Crippen LogP contribution in [0.3, 0.4) is 0 Å². The second-order valence-electron chi connectivity index (χ2n) is 16.1. The second-order valence-corrected chi connectivity index (χ2v) is 16.1. The van der Waals surface area contributed by atoms with Gasteiger partial charge in [-0.15, -0.1) is 0 Å². The van der Waals surface area contributed by atoms with E-state index in [-0.39, 0.29) is 43.7 Å². The number of aliphatic carboxylic acids is 1. The minimum atomic E-state index is -4.84. The smallest absolute Gasteiger partial charge is 0.416 e. The number of carboxylic acids is 1. The van der Waals surface area contributed by atoms with Gasteiger partial charge in [0.2, 0.25) is 5.91 Å². The van der Waals surface area contributed by atoms with Crippen LogP contribution in [0.1, 0.15) is 109 Å². The van der Waals surface area contributed by atoms with E-state index in [9.17, 15) is 41.4 Å². The van der Waals surface area contributed by atoms with Gasteiger partial charge in [0, 0.05) is 31.1 Å². The van der Waals surface area contributed by atoms with Crippen LogP contribution in [0.2, 0.25) is 0 Å². The van der Waals surface area contributed by atoms with Gasteiger partial charge < -0.3 is 24.6 Å². The molecular weight excluding hydrogens is 721 g/mol. The maximum absolute atomic E-state index is 14.5. The Balaban J connectivity index is 1.35. The van der Waals surface area contributed by atoms with Crippen LogP contribution in [0.5, 0.6) is 5.75 Å². The van der Waals surface area contributed by atoms with E-state index in [2.05, 4.69) is 5.32 Å². The van der Waals surface area contributed by atoms with Gasteiger partial charge in [0.1, 0.15) is 11.8 Å². The number of rotatable bonds is 13. The monoisotopic (exact) mass is 771 g/mol. The molecule has 3 aliphatic rings. The van der Waals surface area contributed by atoms with Gasteiger partial charge in [-0.25, -0.2) is 8.78 Å². The molecular formula is C42H50F5N3O5. The first kappa shape index (κ1) is 40.4. The van der Waals surface area contributed by atoms with E-state index in [1.54, 1.807) is 7.11 Å². The Labute approximate surface area is 318 Å². The summed E-state index contributed by atoms with van der Waals surface area (Å²) in [6, 6.07) is 6.06. The van der Waals surface area contributed by atoms with Crippen molar-refractivity contribution >= 4 is 11.9 Å². The SMILES string of the molecule is COc1cc(C)c(-c2cc([C@@H](CC(=O)O)NC(=O)[C@@H](CC(C)C)n3cc(C4CCN(CC5CC5(F)F)CC4)c(C(F)(F)F)cc3=O)cc3c2CCC3)c(C)c1. The Hall–Kier alpha value is -4.26. The fourth-order valence-corrected chi connectivity index (χ4v) is 8.69. The van der Waals surface area contributed by atoms with Crippen LogP contribution in [0, 0.1) is 25.7 Å². The molecule has 1 unspecified atom stereocenters. The average Bonchev–Trinajstić information content (AvgIpc) is 3.44. The molecule has 6 rings (SSSR count). The highest BCUT2D eigenvalue weighted by atomic mass is 19.4. The average molecular weight is 772 g/mol. The molecule has 55 heavy (non-hydrogen) atoms. The van der Waals surface area contributed by atoms with E-state index in [0.717, 1.165) is 57.8 Å². The number of carbonyl (C=O) groups excluding carboxylic acids is 1. The zero-order chi connectivity index (χ0) is 40.0. The van der Waals surface area contributed by atoms with Crippen LogP contribution in [-0.4, -0.2) is 59.1 Å². The third kappa shape index (κ3) is 8.92. The van der Waals surface area contributed by atoms with Crippen LogP contribution in [0.25, 0.3) is 11.1 Å². The molecule has 0 spiro atoms. The summed E-state index contributed by atoms with van der Waals surface area (Å²) in [5.41, 5.74) is 4.54. The molecule has 1 aromatic heterocycles. The summed E-state index contributed by atoms with van der Waals surface area (Å²) >= 11 is 0. The van der Waals surface area contributed by atoms with Gasteiger partial charge >= 0.3 is 12.1 Å². The van der Waals surface area contributed by atoms with Crippen LogP contribution in [0.4, 0.5) is 22.0 Å². The summed E-state index contributed by atoms with van der Waals surface area (Å²) in [6.07, 6.45) is -1.14. The Kier molecular flexibility index (Phi) is 11.5. The molecule has 1 saturated heterocycles. The van der Waals surface area contributed by atoms with Crippen molar-refractivity contribution in [2.45, 2.75) is 109 Å². The number of likely N-dealkylation sites (tertiary alicyclic amines) is 1. The molecule has 0 bridgehead atoms. The van der Waals surface area contributed by atoms with Gasteiger partial charge in [-0.3, -0.25) is 14.4 Å². The molecule has 3 aromatic rings. The van der Waals surface area contributed by atoms with Crippen LogP contribution in [0.15, 0.2) is 41.3 Å². The van der Waals surface area contributed by atoms with Crippen molar-refractivity contribution in [3.05, 3.63) is 85.8 Å². The molecule has 3 atom stereocenters. The zero-order valence-corrected chi connectivity index (χ0v) is 32.0. The van der Waals surface area contributed by atoms with E-state index in [4.69, 9.17) is 4.74 Å². The first-order valence-electron chi connectivity index (χ1n) is 19.1. The highest BCUT2D eigenvalue weighted by Gasteiger charge is 2.57. The molecule has 2 aliphatic carbocycles. The number of aromatic nitrogens is 1. The molecule has 0 radical (unpaired) electrons. The number of benzene rings is 2. The van der Waals surface area contributed by atoms with Gasteiger partial charge in [0.15, 0.2) is 0 Å². The number of methoxy groups -OCH3 is 1. The molecule has 8 nitrogen and oxygen atoms in total. The molecule has 298 valence electrons. The molecule has 2 fully saturated rings. The molecule has 2 aromatic carbocycles. The topological polar surface area (TPSA) is 101 Å². The fourth-order valence-electron chi connectivity index (χ4n) is 8.69. The number of ether oxygens (including phenoxy) is 1. The number of hydrogen-bond donors (Lipinski definition) is 2. The quantitative estimate of drug-likeness (QED) is 0.170. The normalized spacial score (nSPS) is 19.6. The van der Waals surface area contributed by atoms with E-state index in [1.807, 2.05) is 56.9 Å². The number of carboxylic acid groups (broad SMARTS) is 1. The van der Waals surface area contributed by atoms with Crippen molar-refractivity contribution in [1.29, 1.82) is 0 Å². The number of pyridine rings is 1. The third-order valence-corrected chi connectivity index (χ3v) is 11.6. The van der Waals surface area contributed by atoms with Crippen molar-refractivity contribution in [1.82, 2.24) is 14.8 Å². The Morgan fingerprint density at radius 3 is 2.25 bits per heavy atom. The Morgan fingerprint density at radius 2 is 1.69 bits per heavy atom. The lowest BCUT2D eigenvalue weighted by atomic mass is 9.86. The summed E-state index contributed by atoms with van der Waals surface area (Å²) < 4.78 is 77.1. The zero-order valence-electron chi connectivity index (χ0n) is 32.0. The summed E-state index contributed by atoms with van der Waals surface area (Å²) in [5.74, 6) is -5.33. The van der Waals surface area contributed by atoms with Crippen LogP contribution >= 0.6 is 0 Å². The number of nitrogens with one attached hydrogen (secondary N) is 1. The van der Waals surface area contributed by atoms with Gasteiger partial charge in [0.05, 0.1) is 25.1 Å². The highest BCUT2D eigenvalue weighted by molar-refractivity contribution is 5.82. The lowest BCUT2D eigenvalue weighted by Crippen LogP contribution is -2.41. The molecule has 1 amide bonds. The van der Waals surface area contributed by atoms with Gasteiger partial charge in [-0.05, 0) is 140 Å². The second kappa shape index (κ2) is 15.7. The molecule has 2 N–H and O–H groups in total.